The fraction of sp³-hybridized carbons (Fsp3) is 0.273. The number of ether oxygens (including phenoxy) is 1. The zero-order chi connectivity index (χ0) is 22.9. The molecule has 0 aromatic carbocycles. The van der Waals surface area contributed by atoms with Crippen molar-refractivity contribution < 1.29 is 13.6 Å². The van der Waals surface area contributed by atoms with Gasteiger partial charge in [0.15, 0.2) is 0 Å². The quantitative estimate of drug-likeness (QED) is 0.666. The van der Waals surface area contributed by atoms with E-state index in [9.17, 15) is 4.79 Å². The number of fused-ring (bicyclic) bond motifs is 1. The van der Waals surface area contributed by atoms with Crippen molar-refractivity contribution in [2.45, 2.75) is 13.3 Å². The summed E-state index contributed by atoms with van der Waals surface area (Å²) in [6.07, 6.45) is 5.41. The number of hydrogen-bond donors (Lipinski definition) is 2. The average molecular weight is 390 g/mol. The minimum absolute atomic E-state index is 0.00173. The van der Waals surface area contributed by atoms with Crippen LogP contribution in [-0.2, 0) is 4.79 Å². The molecule has 0 aliphatic heterocycles. The summed E-state index contributed by atoms with van der Waals surface area (Å²) in [5.41, 5.74) is 1.08. The second kappa shape index (κ2) is 7.76. The molecule has 3 aromatic rings. The summed E-state index contributed by atoms with van der Waals surface area (Å²) in [5, 5.41) is 6.34. The predicted octanol–water partition coefficient (Wildman–Crippen LogP) is 3.07. The molecule has 2 atom stereocenters. The minimum Gasteiger partial charge on any atom is -0.495 e. The number of methoxy groups -OCH3 is 1. The number of hydrogen-bond acceptors (Lipinski definition) is 6. The number of amides is 1. The van der Waals surface area contributed by atoms with Crippen LogP contribution >= 0.6 is 0 Å². The van der Waals surface area contributed by atoms with Gasteiger partial charge in [0.25, 0.3) is 0 Å². The van der Waals surface area contributed by atoms with Gasteiger partial charge in [0.05, 0.1) is 18.9 Å². The van der Waals surface area contributed by atoms with E-state index < -0.39 is 6.98 Å². The van der Waals surface area contributed by atoms with Crippen LogP contribution in [0.1, 0.15) is 28.7 Å². The molecule has 0 spiro atoms. The van der Waals surface area contributed by atoms with Gasteiger partial charge in [-0.05, 0) is 36.5 Å². The Morgan fingerprint density at radius 3 is 2.76 bits per heavy atom. The Labute approximate surface area is 173 Å². The monoisotopic (exact) mass is 390 g/mol. The smallest absolute Gasteiger partial charge is 0.228 e. The molecule has 0 radical (unpaired) electrons. The van der Waals surface area contributed by atoms with Gasteiger partial charge in [-0.25, -0.2) is 15.0 Å². The largest absolute Gasteiger partial charge is 0.495 e. The first-order valence-corrected chi connectivity index (χ1v) is 9.13. The van der Waals surface area contributed by atoms with Gasteiger partial charge < -0.3 is 15.4 Å². The van der Waals surface area contributed by atoms with Gasteiger partial charge in [-0.1, -0.05) is 12.8 Å². The Morgan fingerprint density at radius 2 is 2.07 bits per heavy atom. The summed E-state index contributed by atoms with van der Waals surface area (Å²) in [7, 11) is 1.56. The number of anilines is 2. The Bertz CT molecular complexity index is 1230. The van der Waals surface area contributed by atoms with E-state index in [4.69, 9.17) is 8.85 Å². The number of pyridine rings is 3. The number of nitrogens with one attached hydrogen (secondary N) is 2. The fourth-order valence-electron chi connectivity index (χ4n) is 3.02. The zero-order valence-electron chi connectivity index (χ0n) is 19.0. The first kappa shape index (κ1) is 15.3. The van der Waals surface area contributed by atoms with Crippen molar-refractivity contribution >= 4 is 28.3 Å². The molecule has 2 N–H and O–H groups in total. The third-order valence-electron chi connectivity index (χ3n) is 4.89. The van der Waals surface area contributed by atoms with Crippen molar-refractivity contribution in [3.8, 4) is 17.6 Å². The van der Waals surface area contributed by atoms with Crippen LogP contribution in [0, 0.1) is 23.7 Å². The van der Waals surface area contributed by atoms with Gasteiger partial charge in [0.1, 0.15) is 23.1 Å². The average Bonchev–Trinajstić information content (AvgIpc) is 3.49. The maximum absolute atomic E-state index is 12.3. The molecule has 1 fully saturated rings. The molecule has 7 heteroatoms. The normalized spacial score (nSPS) is 19.2. The zero-order valence-corrected chi connectivity index (χ0v) is 16.0. The molecule has 1 saturated carbocycles. The summed E-state index contributed by atoms with van der Waals surface area (Å²) in [4.78, 5) is 25.1. The van der Waals surface area contributed by atoms with E-state index in [1.807, 2.05) is 6.92 Å². The van der Waals surface area contributed by atoms with Crippen LogP contribution in [0.25, 0.3) is 10.8 Å². The summed E-state index contributed by atoms with van der Waals surface area (Å²) < 4.78 is 27.6. The first-order valence-electron chi connectivity index (χ1n) is 10.6. The first-order chi connectivity index (χ1) is 15.2. The Kier molecular flexibility index (Phi) is 4.09. The lowest BCUT2D eigenvalue weighted by Crippen LogP contribution is -2.15. The lowest BCUT2D eigenvalue weighted by molar-refractivity contribution is -0.117. The van der Waals surface area contributed by atoms with Crippen molar-refractivity contribution in [1.82, 2.24) is 15.0 Å². The van der Waals surface area contributed by atoms with Crippen LogP contribution in [0.4, 0.5) is 11.6 Å². The Hall–Kier alpha value is -3.66. The number of rotatable bonds is 4. The molecule has 146 valence electrons. The number of carbonyl (C=O) groups is 1. The summed E-state index contributed by atoms with van der Waals surface area (Å²) in [6.45, 7) is -0.396. The molecule has 2 unspecified atom stereocenters. The summed E-state index contributed by atoms with van der Waals surface area (Å²) in [6, 6.07) is 5.17. The standard InChI is InChI=1S/C22H21N5O2/c1-13-8-17(13)22(28)27-20-9-18-14(10-26-21(23-2)19(18)12-25-20)4-5-15-6-7-16(29-3)11-24-15/h6-7,9-13,17H,8H2,1-3H3,(H,23,26)(H,25,27,28)/i2D3. The van der Waals surface area contributed by atoms with Gasteiger partial charge in [-0.3, -0.25) is 4.79 Å². The van der Waals surface area contributed by atoms with Crippen LogP contribution in [-0.4, -0.2) is 34.9 Å². The maximum Gasteiger partial charge on any atom is 0.228 e. The van der Waals surface area contributed by atoms with E-state index in [1.165, 1.54) is 12.4 Å². The Morgan fingerprint density at radius 1 is 1.21 bits per heavy atom. The molecule has 3 aromatic heterocycles. The van der Waals surface area contributed by atoms with Crippen molar-refractivity contribution in [3.05, 3.63) is 48.0 Å². The second-order valence-electron chi connectivity index (χ2n) is 6.90. The van der Waals surface area contributed by atoms with Crippen LogP contribution in [0.2, 0.25) is 0 Å². The van der Waals surface area contributed by atoms with Crippen molar-refractivity contribution in [2.75, 3.05) is 24.7 Å². The molecular weight excluding hydrogens is 366 g/mol. The minimum atomic E-state index is -2.42. The molecule has 3 heterocycles. The Balaban J connectivity index is 1.73. The predicted molar refractivity (Wildman–Crippen MR) is 112 cm³/mol. The molecule has 1 aliphatic rings. The SMILES string of the molecule is [2H]C([2H])([2H])Nc1ncc(C#Cc2ccc(OC)cn2)c2cc(NC(=O)C3CC3C)ncc12. The second-order valence-corrected chi connectivity index (χ2v) is 6.90. The van der Waals surface area contributed by atoms with Gasteiger partial charge in [0, 0.05) is 40.2 Å². The molecule has 0 bridgehead atoms. The fourth-order valence-corrected chi connectivity index (χ4v) is 3.02. The topological polar surface area (TPSA) is 89.0 Å². The highest BCUT2D eigenvalue weighted by atomic mass is 16.5. The third kappa shape index (κ3) is 3.97. The van der Waals surface area contributed by atoms with E-state index in [0.29, 0.717) is 39.5 Å². The van der Waals surface area contributed by atoms with Crippen molar-refractivity contribution in [2.24, 2.45) is 11.8 Å². The highest BCUT2D eigenvalue weighted by Crippen LogP contribution is 2.38. The maximum atomic E-state index is 12.3. The molecule has 29 heavy (non-hydrogen) atoms. The van der Waals surface area contributed by atoms with Crippen LogP contribution in [0.3, 0.4) is 0 Å². The summed E-state index contributed by atoms with van der Waals surface area (Å²) >= 11 is 0. The van der Waals surface area contributed by atoms with Crippen LogP contribution in [0.5, 0.6) is 5.75 Å². The number of carbonyl (C=O) groups excluding carboxylic acids is 1. The third-order valence-corrected chi connectivity index (χ3v) is 4.89. The summed E-state index contributed by atoms with van der Waals surface area (Å²) in [5.74, 6) is 7.45. The van der Waals surface area contributed by atoms with Gasteiger partial charge >= 0.3 is 0 Å². The van der Waals surface area contributed by atoms with E-state index >= 15 is 0 Å². The van der Waals surface area contributed by atoms with Crippen LogP contribution < -0.4 is 15.4 Å². The molecule has 7 nitrogen and oxygen atoms in total. The van der Waals surface area contributed by atoms with Gasteiger partial charge in [-0.15, -0.1) is 0 Å². The van der Waals surface area contributed by atoms with Crippen LogP contribution in [0.15, 0.2) is 36.8 Å². The molecule has 0 saturated heterocycles. The van der Waals surface area contributed by atoms with E-state index in [-0.39, 0.29) is 17.6 Å². The molecular formula is C22H21N5O2. The van der Waals surface area contributed by atoms with Gasteiger partial charge in [-0.2, -0.15) is 0 Å². The molecule has 1 aliphatic carbocycles. The highest BCUT2D eigenvalue weighted by molar-refractivity contribution is 5.99. The van der Waals surface area contributed by atoms with E-state index in [2.05, 4.69) is 37.4 Å². The lowest BCUT2D eigenvalue weighted by Gasteiger charge is -2.09. The molecule has 4 rings (SSSR count). The molecule has 1 amide bonds. The van der Waals surface area contributed by atoms with E-state index in [0.717, 1.165) is 6.42 Å². The van der Waals surface area contributed by atoms with Crippen molar-refractivity contribution in [1.29, 1.82) is 0 Å². The number of aromatic nitrogens is 3. The lowest BCUT2D eigenvalue weighted by atomic mass is 10.1. The number of nitrogens with zero attached hydrogens (tertiary/aromatic N) is 3. The van der Waals surface area contributed by atoms with Crippen molar-refractivity contribution in [3.63, 3.8) is 0 Å². The van der Waals surface area contributed by atoms with Gasteiger partial charge in [0.2, 0.25) is 5.91 Å². The highest BCUT2D eigenvalue weighted by Gasteiger charge is 2.39. The van der Waals surface area contributed by atoms with E-state index in [1.54, 1.807) is 31.5 Å².